The van der Waals surface area contributed by atoms with Crippen LogP contribution < -0.4 is 5.32 Å². The molecule has 2 nitrogen and oxygen atoms in total. The summed E-state index contributed by atoms with van der Waals surface area (Å²) in [6.07, 6.45) is 1.29. The van der Waals surface area contributed by atoms with Crippen molar-refractivity contribution >= 4 is 5.91 Å². The van der Waals surface area contributed by atoms with Gasteiger partial charge in [-0.3, -0.25) is 4.79 Å². The van der Waals surface area contributed by atoms with E-state index in [4.69, 9.17) is 0 Å². The van der Waals surface area contributed by atoms with E-state index < -0.39 is 0 Å². The second-order valence-electron chi connectivity index (χ2n) is 5.31. The lowest BCUT2D eigenvalue weighted by molar-refractivity contribution is -0.117. The van der Waals surface area contributed by atoms with Crippen molar-refractivity contribution in [2.24, 2.45) is 0 Å². The fourth-order valence-corrected chi connectivity index (χ4v) is 1.63. The normalized spacial score (nSPS) is 12.9. The Morgan fingerprint density at radius 2 is 1.82 bits per heavy atom. The van der Waals surface area contributed by atoms with Gasteiger partial charge in [0.2, 0.25) is 5.91 Å². The lowest BCUT2D eigenvalue weighted by atomic mass is 9.86. The van der Waals surface area contributed by atoms with Crippen LogP contribution >= 0.6 is 0 Å². The molecule has 0 bridgehead atoms. The van der Waals surface area contributed by atoms with Gasteiger partial charge in [0.05, 0.1) is 6.04 Å². The number of hydrogen-bond donors (Lipinski definition) is 1. The maximum absolute atomic E-state index is 11.2. The number of carbonyl (C=O) groups is 1. The predicted molar refractivity (Wildman–Crippen MR) is 71.9 cm³/mol. The minimum absolute atomic E-state index is 0.00881. The molecule has 0 spiro atoms. The lowest BCUT2D eigenvalue weighted by Gasteiger charge is -2.20. The average molecular weight is 231 g/mol. The van der Waals surface area contributed by atoms with Crippen LogP contribution in [0.5, 0.6) is 0 Å². The summed E-state index contributed by atoms with van der Waals surface area (Å²) < 4.78 is 0. The Hall–Kier alpha value is -1.57. The zero-order valence-electron chi connectivity index (χ0n) is 11.1. The number of rotatable bonds is 3. The van der Waals surface area contributed by atoms with E-state index in [0.717, 1.165) is 5.56 Å². The van der Waals surface area contributed by atoms with E-state index in [0.29, 0.717) is 0 Å². The summed E-state index contributed by atoms with van der Waals surface area (Å²) in [5.41, 5.74) is 2.56. The Morgan fingerprint density at radius 1 is 1.29 bits per heavy atom. The highest BCUT2D eigenvalue weighted by molar-refractivity contribution is 5.87. The third kappa shape index (κ3) is 3.74. The molecule has 0 heterocycles. The molecule has 1 atom stereocenters. The summed E-state index contributed by atoms with van der Waals surface area (Å²) in [5, 5.41) is 2.85. The van der Waals surface area contributed by atoms with Gasteiger partial charge in [-0.25, -0.2) is 0 Å². The van der Waals surface area contributed by atoms with Crippen LogP contribution in [0.3, 0.4) is 0 Å². The Balaban J connectivity index is 2.80. The van der Waals surface area contributed by atoms with E-state index >= 15 is 0 Å². The van der Waals surface area contributed by atoms with Gasteiger partial charge in [0.1, 0.15) is 0 Å². The summed E-state index contributed by atoms with van der Waals surface area (Å²) in [7, 11) is 0. The Bertz CT molecular complexity index is 398. The summed E-state index contributed by atoms with van der Waals surface area (Å²) in [6, 6.07) is 8.37. The first kappa shape index (κ1) is 13.5. The van der Waals surface area contributed by atoms with Gasteiger partial charge in [0.15, 0.2) is 0 Å². The second-order valence-corrected chi connectivity index (χ2v) is 5.31. The fourth-order valence-electron chi connectivity index (χ4n) is 1.63. The maximum atomic E-state index is 11.2. The molecule has 1 rings (SSSR count). The van der Waals surface area contributed by atoms with Gasteiger partial charge >= 0.3 is 0 Å². The van der Waals surface area contributed by atoms with E-state index in [1.807, 2.05) is 6.92 Å². The molecule has 0 saturated heterocycles. The van der Waals surface area contributed by atoms with Gasteiger partial charge in [0.25, 0.3) is 0 Å². The van der Waals surface area contributed by atoms with Crippen LogP contribution in [-0.4, -0.2) is 5.91 Å². The molecule has 1 N–H and O–H groups in total. The summed E-state index contributed by atoms with van der Waals surface area (Å²) in [5.74, 6) is -0.141. The first-order valence-electron chi connectivity index (χ1n) is 5.88. The van der Waals surface area contributed by atoms with E-state index in [9.17, 15) is 4.79 Å². The maximum Gasteiger partial charge on any atom is 0.243 e. The lowest BCUT2D eigenvalue weighted by Crippen LogP contribution is -2.24. The molecule has 0 aliphatic rings. The van der Waals surface area contributed by atoms with Gasteiger partial charge in [0, 0.05) is 0 Å². The fraction of sp³-hybridized carbons (Fsp3) is 0.400. The van der Waals surface area contributed by atoms with Gasteiger partial charge < -0.3 is 5.32 Å². The third-order valence-electron chi connectivity index (χ3n) is 2.82. The molecule has 1 unspecified atom stereocenters. The van der Waals surface area contributed by atoms with E-state index in [1.54, 1.807) is 0 Å². The SMILES string of the molecule is C=CC(=O)NC(C)c1ccc(C(C)(C)C)cc1. The standard InChI is InChI=1S/C15H21NO/c1-6-14(17)16-11(2)12-7-9-13(10-8-12)15(3,4)5/h6-11H,1H2,2-5H3,(H,16,17). The molecule has 92 valence electrons. The van der Waals surface area contributed by atoms with Crippen molar-refractivity contribution in [3.8, 4) is 0 Å². The van der Waals surface area contributed by atoms with Crippen LogP contribution in [0.25, 0.3) is 0 Å². The van der Waals surface area contributed by atoms with Crippen molar-refractivity contribution in [2.75, 3.05) is 0 Å². The monoisotopic (exact) mass is 231 g/mol. The number of nitrogens with one attached hydrogen (secondary N) is 1. The summed E-state index contributed by atoms with van der Waals surface area (Å²) >= 11 is 0. The largest absolute Gasteiger partial charge is 0.346 e. The van der Waals surface area contributed by atoms with Gasteiger partial charge in [-0.05, 0) is 29.5 Å². The Labute approximate surface area is 104 Å². The van der Waals surface area contributed by atoms with Crippen molar-refractivity contribution in [1.82, 2.24) is 5.32 Å². The van der Waals surface area contributed by atoms with E-state index in [1.165, 1.54) is 11.6 Å². The molecule has 0 aromatic heterocycles. The molecule has 1 amide bonds. The van der Waals surface area contributed by atoms with Crippen LogP contribution in [0.4, 0.5) is 0 Å². The van der Waals surface area contributed by atoms with E-state index in [-0.39, 0.29) is 17.4 Å². The van der Waals surface area contributed by atoms with Crippen molar-refractivity contribution in [3.63, 3.8) is 0 Å². The summed E-state index contributed by atoms with van der Waals surface area (Å²) in [6.45, 7) is 12.0. The second kappa shape index (κ2) is 5.17. The third-order valence-corrected chi connectivity index (χ3v) is 2.82. The number of carbonyl (C=O) groups excluding carboxylic acids is 1. The van der Waals surface area contributed by atoms with Crippen LogP contribution in [0.1, 0.15) is 44.9 Å². The van der Waals surface area contributed by atoms with Crippen LogP contribution in [0.2, 0.25) is 0 Å². The van der Waals surface area contributed by atoms with Gasteiger partial charge in [-0.15, -0.1) is 0 Å². The van der Waals surface area contributed by atoms with E-state index in [2.05, 4.69) is 56.9 Å². The zero-order chi connectivity index (χ0) is 13.1. The molecule has 0 aliphatic carbocycles. The molecule has 0 radical (unpaired) electrons. The minimum atomic E-state index is -0.141. The molecule has 1 aromatic carbocycles. The highest BCUT2D eigenvalue weighted by Crippen LogP contribution is 2.23. The quantitative estimate of drug-likeness (QED) is 0.794. The highest BCUT2D eigenvalue weighted by atomic mass is 16.1. The van der Waals surface area contributed by atoms with Crippen molar-refractivity contribution < 1.29 is 4.79 Å². The minimum Gasteiger partial charge on any atom is -0.346 e. The predicted octanol–water partition coefficient (Wildman–Crippen LogP) is 3.35. The molecule has 17 heavy (non-hydrogen) atoms. The Kier molecular flexibility index (Phi) is 4.11. The Morgan fingerprint density at radius 3 is 2.24 bits per heavy atom. The molecule has 1 aromatic rings. The van der Waals surface area contributed by atoms with Gasteiger partial charge in [-0.1, -0.05) is 51.6 Å². The van der Waals surface area contributed by atoms with Crippen LogP contribution in [0, 0.1) is 0 Å². The molecule has 2 heteroatoms. The smallest absolute Gasteiger partial charge is 0.243 e. The van der Waals surface area contributed by atoms with Crippen molar-refractivity contribution in [1.29, 1.82) is 0 Å². The summed E-state index contributed by atoms with van der Waals surface area (Å²) in [4.78, 5) is 11.2. The van der Waals surface area contributed by atoms with Crippen molar-refractivity contribution in [3.05, 3.63) is 48.0 Å². The molecule has 0 aliphatic heterocycles. The van der Waals surface area contributed by atoms with Crippen LogP contribution in [-0.2, 0) is 10.2 Å². The average Bonchev–Trinajstić information content (AvgIpc) is 2.27. The zero-order valence-corrected chi connectivity index (χ0v) is 11.1. The number of benzene rings is 1. The number of hydrogen-bond acceptors (Lipinski definition) is 1. The first-order chi connectivity index (χ1) is 7.84. The topological polar surface area (TPSA) is 29.1 Å². The van der Waals surface area contributed by atoms with Crippen molar-refractivity contribution in [2.45, 2.75) is 39.2 Å². The highest BCUT2D eigenvalue weighted by Gasteiger charge is 2.14. The molecular weight excluding hydrogens is 210 g/mol. The molecular formula is C15H21NO. The first-order valence-corrected chi connectivity index (χ1v) is 5.88. The molecule has 0 saturated carbocycles. The van der Waals surface area contributed by atoms with Gasteiger partial charge in [-0.2, -0.15) is 0 Å². The molecule has 0 fully saturated rings. The number of amides is 1. The van der Waals surface area contributed by atoms with Crippen LogP contribution in [0.15, 0.2) is 36.9 Å².